The molecule has 0 saturated heterocycles. The first-order chi connectivity index (χ1) is 10.5. The SMILES string of the molecule is O=C(O)c1cnc2cc(F)ccc2c1Nc1cccc(Cl)c1. The molecule has 0 radical (unpaired) electrons. The number of carboxylic acids is 1. The van der Waals surface area contributed by atoms with Gasteiger partial charge in [-0.2, -0.15) is 0 Å². The van der Waals surface area contributed by atoms with Crippen LogP contribution in [0.5, 0.6) is 0 Å². The maximum atomic E-state index is 13.3. The standard InChI is InChI=1S/C16H10ClFN2O2/c17-9-2-1-3-11(6-9)20-15-12-5-4-10(18)7-14(12)19-8-13(15)16(21)22/h1-8H,(H,19,20)(H,21,22). The van der Waals surface area contributed by atoms with Crippen LogP contribution in [0.4, 0.5) is 15.8 Å². The van der Waals surface area contributed by atoms with Crippen molar-refractivity contribution in [2.45, 2.75) is 0 Å². The second-order valence-electron chi connectivity index (χ2n) is 4.65. The third-order valence-corrected chi connectivity index (χ3v) is 3.39. The topological polar surface area (TPSA) is 62.2 Å². The number of halogens is 2. The van der Waals surface area contributed by atoms with E-state index in [1.54, 1.807) is 24.3 Å². The number of pyridine rings is 1. The van der Waals surface area contributed by atoms with Crippen LogP contribution in [0.3, 0.4) is 0 Å². The molecule has 4 nitrogen and oxygen atoms in total. The van der Waals surface area contributed by atoms with Crippen LogP contribution in [0.25, 0.3) is 10.9 Å². The third-order valence-electron chi connectivity index (χ3n) is 3.16. The van der Waals surface area contributed by atoms with E-state index >= 15 is 0 Å². The highest BCUT2D eigenvalue weighted by Gasteiger charge is 2.15. The van der Waals surface area contributed by atoms with Crippen LogP contribution >= 0.6 is 11.6 Å². The number of benzene rings is 2. The molecular weight excluding hydrogens is 307 g/mol. The predicted octanol–water partition coefficient (Wildman–Crippen LogP) is 4.47. The van der Waals surface area contributed by atoms with Gasteiger partial charge >= 0.3 is 5.97 Å². The average Bonchev–Trinajstić information content (AvgIpc) is 2.46. The zero-order valence-corrected chi connectivity index (χ0v) is 11.9. The molecule has 0 aliphatic carbocycles. The summed E-state index contributed by atoms with van der Waals surface area (Å²) in [6, 6.07) is 10.9. The van der Waals surface area contributed by atoms with E-state index in [1.807, 2.05) is 0 Å². The summed E-state index contributed by atoms with van der Waals surface area (Å²) in [6.45, 7) is 0. The largest absolute Gasteiger partial charge is 0.478 e. The summed E-state index contributed by atoms with van der Waals surface area (Å²) in [5, 5.41) is 13.4. The molecule has 110 valence electrons. The Labute approximate surface area is 130 Å². The lowest BCUT2D eigenvalue weighted by atomic mass is 10.1. The van der Waals surface area contributed by atoms with E-state index in [0.29, 0.717) is 27.3 Å². The van der Waals surface area contributed by atoms with Crippen LogP contribution in [0.2, 0.25) is 5.02 Å². The van der Waals surface area contributed by atoms with Crippen LogP contribution in [0, 0.1) is 5.82 Å². The Balaban J connectivity index is 2.20. The molecule has 6 heteroatoms. The van der Waals surface area contributed by atoms with E-state index in [9.17, 15) is 14.3 Å². The number of nitrogens with one attached hydrogen (secondary N) is 1. The molecule has 3 rings (SSSR count). The number of hydrogen-bond acceptors (Lipinski definition) is 3. The predicted molar refractivity (Wildman–Crippen MR) is 83.4 cm³/mol. The first-order valence-corrected chi connectivity index (χ1v) is 6.76. The number of fused-ring (bicyclic) bond motifs is 1. The lowest BCUT2D eigenvalue weighted by Gasteiger charge is -2.13. The lowest BCUT2D eigenvalue weighted by Crippen LogP contribution is -2.04. The summed E-state index contributed by atoms with van der Waals surface area (Å²) in [5.74, 6) is -1.56. The number of aromatic nitrogens is 1. The van der Waals surface area contributed by atoms with E-state index in [4.69, 9.17) is 11.6 Å². The Morgan fingerprint density at radius 3 is 2.77 bits per heavy atom. The Morgan fingerprint density at radius 1 is 1.23 bits per heavy atom. The molecule has 0 amide bonds. The van der Waals surface area contributed by atoms with Crippen molar-refractivity contribution in [1.29, 1.82) is 0 Å². The minimum absolute atomic E-state index is 0.000848. The summed E-state index contributed by atoms with van der Waals surface area (Å²) in [6.07, 6.45) is 1.21. The lowest BCUT2D eigenvalue weighted by molar-refractivity contribution is 0.0697. The van der Waals surface area contributed by atoms with Crippen molar-refractivity contribution in [2.75, 3.05) is 5.32 Å². The van der Waals surface area contributed by atoms with Crippen molar-refractivity contribution in [3.8, 4) is 0 Å². The van der Waals surface area contributed by atoms with Gasteiger partial charge < -0.3 is 10.4 Å². The summed E-state index contributed by atoms with van der Waals surface area (Å²) < 4.78 is 13.3. The highest BCUT2D eigenvalue weighted by molar-refractivity contribution is 6.30. The normalized spacial score (nSPS) is 10.6. The molecule has 0 unspecified atom stereocenters. The van der Waals surface area contributed by atoms with Crippen LogP contribution in [0.1, 0.15) is 10.4 Å². The average molecular weight is 317 g/mol. The minimum atomic E-state index is -1.12. The first kappa shape index (κ1) is 14.3. The van der Waals surface area contributed by atoms with Crippen molar-refractivity contribution in [2.24, 2.45) is 0 Å². The van der Waals surface area contributed by atoms with Crippen LogP contribution in [-0.4, -0.2) is 16.1 Å². The Bertz CT molecular complexity index is 883. The van der Waals surface area contributed by atoms with Gasteiger partial charge in [-0.15, -0.1) is 0 Å². The Kier molecular flexibility index (Phi) is 3.65. The molecule has 2 aromatic carbocycles. The molecule has 0 fully saturated rings. The maximum Gasteiger partial charge on any atom is 0.339 e. The van der Waals surface area contributed by atoms with Gasteiger partial charge in [-0.1, -0.05) is 17.7 Å². The summed E-state index contributed by atoms with van der Waals surface area (Å²) in [4.78, 5) is 15.4. The van der Waals surface area contributed by atoms with Gasteiger partial charge in [0.15, 0.2) is 0 Å². The van der Waals surface area contributed by atoms with Crippen LogP contribution < -0.4 is 5.32 Å². The fraction of sp³-hybridized carbons (Fsp3) is 0. The van der Waals surface area contributed by atoms with Gasteiger partial charge in [-0.25, -0.2) is 9.18 Å². The highest BCUT2D eigenvalue weighted by Crippen LogP contribution is 2.30. The molecule has 22 heavy (non-hydrogen) atoms. The third kappa shape index (κ3) is 2.71. The monoisotopic (exact) mass is 316 g/mol. The molecule has 1 aromatic heterocycles. The van der Waals surface area contributed by atoms with Crippen molar-refractivity contribution in [3.63, 3.8) is 0 Å². The summed E-state index contributed by atoms with van der Waals surface area (Å²) in [5.41, 5.74) is 1.35. The van der Waals surface area contributed by atoms with E-state index in [-0.39, 0.29) is 5.56 Å². The molecule has 0 spiro atoms. The van der Waals surface area contributed by atoms with Gasteiger partial charge in [0.25, 0.3) is 0 Å². The minimum Gasteiger partial charge on any atom is -0.478 e. The molecule has 0 atom stereocenters. The smallest absolute Gasteiger partial charge is 0.339 e. The van der Waals surface area contributed by atoms with Crippen molar-refractivity contribution >= 4 is 39.8 Å². The van der Waals surface area contributed by atoms with Gasteiger partial charge in [0.2, 0.25) is 0 Å². The molecule has 0 aliphatic rings. The van der Waals surface area contributed by atoms with Crippen LogP contribution in [0.15, 0.2) is 48.7 Å². The number of hydrogen-bond donors (Lipinski definition) is 2. The zero-order chi connectivity index (χ0) is 15.7. The van der Waals surface area contributed by atoms with Gasteiger partial charge in [0.05, 0.1) is 11.2 Å². The first-order valence-electron chi connectivity index (χ1n) is 6.39. The second kappa shape index (κ2) is 5.61. The Hall–Kier alpha value is -2.66. The fourth-order valence-corrected chi connectivity index (χ4v) is 2.36. The van der Waals surface area contributed by atoms with E-state index in [0.717, 1.165) is 0 Å². The molecule has 0 bridgehead atoms. The Morgan fingerprint density at radius 2 is 2.05 bits per heavy atom. The van der Waals surface area contributed by atoms with Crippen molar-refractivity contribution in [3.05, 3.63) is 65.1 Å². The van der Waals surface area contributed by atoms with Gasteiger partial charge in [-0.05, 0) is 30.3 Å². The number of nitrogens with zero attached hydrogens (tertiary/aromatic N) is 1. The fourth-order valence-electron chi connectivity index (χ4n) is 2.17. The van der Waals surface area contributed by atoms with Crippen molar-refractivity contribution < 1.29 is 14.3 Å². The number of rotatable bonds is 3. The van der Waals surface area contributed by atoms with Gasteiger partial charge in [0.1, 0.15) is 11.4 Å². The van der Waals surface area contributed by atoms with E-state index in [1.165, 1.54) is 24.4 Å². The molecule has 0 aliphatic heterocycles. The van der Waals surface area contributed by atoms with Gasteiger partial charge in [0, 0.05) is 28.4 Å². The quantitative estimate of drug-likeness (QED) is 0.748. The molecule has 1 heterocycles. The number of carbonyl (C=O) groups is 1. The van der Waals surface area contributed by atoms with Crippen LogP contribution in [-0.2, 0) is 0 Å². The number of aromatic carboxylic acids is 1. The van der Waals surface area contributed by atoms with Crippen molar-refractivity contribution in [1.82, 2.24) is 4.98 Å². The summed E-state index contributed by atoms with van der Waals surface area (Å²) in [7, 11) is 0. The maximum absolute atomic E-state index is 13.3. The van der Waals surface area contributed by atoms with Gasteiger partial charge in [-0.3, -0.25) is 4.98 Å². The zero-order valence-electron chi connectivity index (χ0n) is 11.2. The number of carboxylic acid groups (broad SMARTS) is 1. The highest BCUT2D eigenvalue weighted by atomic mass is 35.5. The molecular formula is C16H10ClFN2O2. The molecule has 3 aromatic rings. The molecule has 0 saturated carbocycles. The van der Waals surface area contributed by atoms with E-state index < -0.39 is 11.8 Å². The summed E-state index contributed by atoms with van der Waals surface area (Å²) >= 11 is 5.93. The van der Waals surface area contributed by atoms with E-state index in [2.05, 4.69) is 10.3 Å². The second-order valence-corrected chi connectivity index (χ2v) is 5.09. The molecule has 2 N–H and O–H groups in total. The number of anilines is 2.